The second kappa shape index (κ2) is 35.1. The molecule has 1 aliphatic carbocycles. The topological polar surface area (TPSA) is 540 Å². The highest BCUT2D eigenvalue weighted by Crippen LogP contribution is 2.48. The minimum atomic E-state index is -2.13. The number of thiazole rings is 4. The van der Waals surface area contributed by atoms with Gasteiger partial charge in [0.05, 0.1) is 71.1 Å². The zero-order chi connectivity index (χ0) is 82.7. The van der Waals surface area contributed by atoms with Crippen molar-refractivity contribution in [3.05, 3.63) is 148 Å². The molecular weight excluding hydrogens is 1590 g/mol. The van der Waals surface area contributed by atoms with Crippen LogP contribution in [0.25, 0.3) is 6.08 Å². The Morgan fingerprint density at radius 2 is 1.47 bits per heavy atom. The van der Waals surface area contributed by atoms with Gasteiger partial charge in [0, 0.05) is 27.1 Å². The number of thioether (sulfide) groups is 1. The molecule has 4 aliphatic heterocycles. The minimum absolute atomic E-state index is 0.00685. The number of carboxylic acid groups (broad SMARTS) is 1. The number of aliphatic hydroxyl groups is 5. The summed E-state index contributed by atoms with van der Waals surface area (Å²) >= 11 is 10.7. The van der Waals surface area contributed by atoms with E-state index in [1.165, 1.54) is 82.1 Å². The van der Waals surface area contributed by atoms with Crippen molar-refractivity contribution < 1.29 is 88.1 Å². The van der Waals surface area contributed by atoms with Crippen LogP contribution >= 0.6 is 69.3 Å². The first kappa shape index (κ1) is 85.3. The van der Waals surface area contributed by atoms with Gasteiger partial charge in [-0.25, -0.2) is 34.5 Å². The number of aliphatic imine (C=N–C) groups is 2. The molecule has 0 saturated heterocycles. The number of hydrogen-bond acceptors (Lipinski definition) is 31. The molecule has 113 heavy (non-hydrogen) atoms. The predicted molar refractivity (Wildman–Crippen MR) is 419 cm³/mol. The fraction of sp³-hybridized carbons (Fsp3) is 0.423. The van der Waals surface area contributed by atoms with E-state index < -0.39 is 189 Å². The third-order valence-corrected chi connectivity index (χ3v) is 24.2. The predicted octanol–water partition coefficient (Wildman–Crippen LogP) is 1.52. The highest BCUT2D eigenvalue weighted by molar-refractivity contribution is 8.15. The highest BCUT2D eigenvalue weighted by Gasteiger charge is 2.51. The first-order valence-corrected chi connectivity index (χ1v) is 39.8. The molecule has 10 rings (SSSR count). The van der Waals surface area contributed by atoms with Crippen LogP contribution in [0.5, 0.6) is 0 Å². The number of carboxylic acids is 1. The smallest absolute Gasteiger partial charge is 0.357 e. The number of hydrogen-bond donors (Lipinski definition) is 17. The summed E-state index contributed by atoms with van der Waals surface area (Å²) in [4.78, 5) is 188. The number of rotatable bonds is 11. The Morgan fingerprint density at radius 3 is 2.14 bits per heavy atom. The SMILES string of the molecule is C=C(NC(=O)C(=C)NC(=O)c1csc(C2=N[C@@H]3c4csc(n4)[C@H]4NC(=S)c5csc(n5)[C@@H]([C@@](C)(O)[C@H](C)O)NC(=O)[C@@H]5CN=C(S5)C(=CC)NC(=O)[C@H]([C@H](C)O)NC(=O)c5csc(n5)[C@@]3(CC2)NC(=O)[C@@H](C)NC(=O)C(=C)NC(=O)[C@@H](C)NC(=O)[C@@H](C(C)C)N[C@@H]2C=Cc3c([C@@H](C)O)cc(nc3[C@@H]2O)C(=O)O[C@H]4C)n1)C(=O)O. The van der Waals surface area contributed by atoms with Gasteiger partial charge in [0.25, 0.3) is 23.6 Å². The Labute approximate surface area is 671 Å². The molecule has 9 heterocycles. The van der Waals surface area contributed by atoms with E-state index in [1.807, 2.05) is 5.32 Å². The average molecular weight is 1670 g/mol. The standard InChI is InChI=1S/C71H82N18O18S6/c1-14-37-63-72-20-45(113-63)59(100)88-52(70(13,106)34(12)92)66-84-44(24-111-66)62(108)87-48-33(11)107-68(105)40-19-36(31(9)90)35-15-16-38(50(93)49(35)79-40)78-46(25(2)3)60(101)76-28(6)54(95)73-26(4)53(94)74-29(7)56(97)89-71(69-85-43(23-112-69)58(99)86-47(32(10)91)61(102)81-37)18-17-39(80-51(71)41-21-110-65(48)82-41)64-83-42(22-109-64)57(98)75-27(5)55(96)77-30(8)67(103)104/h14-16,19,21-25,28-29,31-34,38,45-48,50-52,78,90-93,106H,4-5,8,17-18,20H2,1-3,6-7,9-13H3,(H,73,95)(H,74,94)(H,75,98)(H,76,101)(H,77,96)(H,81,102)(H,86,99)(H,87,108)(H,88,100)(H,89,97)(H,103,104)/t28-,29-,31-,32+,33+,34+,38-,45+,46-,47+,48+,50-,51-,52+,70+,71+/m1/s1. The molecule has 0 radical (unpaired) electrons. The molecule has 13 bridgehead atoms. The normalized spacial score (nSPS) is 26.8. The van der Waals surface area contributed by atoms with Crippen LogP contribution < -0.4 is 58.5 Å². The van der Waals surface area contributed by atoms with Gasteiger partial charge < -0.3 is 88.5 Å². The molecule has 0 spiro atoms. The van der Waals surface area contributed by atoms with Gasteiger partial charge in [0.1, 0.15) is 123 Å². The van der Waals surface area contributed by atoms with Crippen LogP contribution in [0.1, 0.15) is 192 Å². The van der Waals surface area contributed by atoms with E-state index in [0.29, 0.717) is 0 Å². The zero-order valence-electron chi connectivity index (χ0n) is 62.2. The number of thiocarbonyl (C=S) groups is 1. The average Bonchev–Trinajstić information content (AvgIpc) is 1.66. The number of amides is 9. The van der Waals surface area contributed by atoms with Gasteiger partial charge in [-0.15, -0.1) is 45.3 Å². The molecule has 0 saturated carbocycles. The first-order valence-electron chi connectivity index (χ1n) is 35.0. The van der Waals surface area contributed by atoms with Crippen molar-refractivity contribution in [1.29, 1.82) is 0 Å². The zero-order valence-corrected chi connectivity index (χ0v) is 67.1. The van der Waals surface area contributed by atoms with Crippen LogP contribution in [0.3, 0.4) is 0 Å². The number of esters is 1. The molecule has 16 atom stereocenters. The van der Waals surface area contributed by atoms with E-state index in [1.54, 1.807) is 32.9 Å². The number of aromatic nitrogens is 5. The Kier molecular flexibility index (Phi) is 26.5. The van der Waals surface area contributed by atoms with Crippen molar-refractivity contribution in [2.75, 3.05) is 6.54 Å². The summed E-state index contributed by atoms with van der Waals surface area (Å²) in [5, 5.41) is 101. The van der Waals surface area contributed by atoms with Crippen molar-refractivity contribution >= 4 is 156 Å². The van der Waals surface area contributed by atoms with E-state index >= 15 is 9.59 Å². The van der Waals surface area contributed by atoms with Gasteiger partial charge in [0.15, 0.2) is 0 Å². The van der Waals surface area contributed by atoms with Gasteiger partial charge in [-0.1, -0.05) is 75.8 Å². The molecule has 17 N–H and O–H groups in total. The number of ether oxygens (including phenoxy) is 1. The molecule has 0 aromatic carbocycles. The molecule has 0 unspecified atom stereocenters. The maximum atomic E-state index is 15.4. The molecule has 9 amide bonds. The van der Waals surface area contributed by atoms with E-state index in [0.717, 1.165) is 57.1 Å². The second-order valence-electron chi connectivity index (χ2n) is 27.6. The lowest BCUT2D eigenvalue weighted by Gasteiger charge is -2.41. The molecule has 36 nitrogen and oxygen atoms in total. The number of aliphatic carboxylic acids is 1. The number of nitrogens with one attached hydrogen (secondary N) is 11. The summed E-state index contributed by atoms with van der Waals surface area (Å²) in [5.41, 5.74) is -6.56. The third-order valence-electron chi connectivity index (χ3n) is 18.9. The Bertz CT molecular complexity index is 4860. The molecule has 0 fully saturated rings. The van der Waals surface area contributed by atoms with E-state index in [9.17, 15) is 73.8 Å². The molecule has 5 aromatic rings. The van der Waals surface area contributed by atoms with Crippen LogP contribution in [-0.4, -0.2) is 202 Å². The highest BCUT2D eigenvalue weighted by atomic mass is 32.2. The van der Waals surface area contributed by atoms with Gasteiger partial charge in [-0.05, 0) is 85.8 Å². The minimum Gasteiger partial charge on any atom is -0.477 e. The maximum absolute atomic E-state index is 15.4. The summed E-state index contributed by atoms with van der Waals surface area (Å²) in [6, 6.07) is -9.93. The van der Waals surface area contributed by atoms with Gasteiger partial charge in [-0.3, -0.25) is 58.5 Å². The van der Waals surface area contributed by atoms with Crippen molar-refractivity contribution in [3.63, 3.8) is 0 Å². The second-order valence-corrected chi connectivity index (χ2v) is 32.7. The fourth-order valence-corrected chi connectivity index (χ4v) is 17.3. The lowest BCUT2D eigenvalue weighted by atomic mass is 9.80. The summed E-state index contributed by atoms with van der Waals surface area (Å²) in [6.45, 7) is 24.7. The van der Waals surface area contributed by atoms with Crippen LogP contribution in [0, 0.1) is 5.92 Å². The van der Waals surface area contributed by atoms with Crippen molar-refractivity contribution in [1.82, 2.24) is 83.4 Å². The lowest BCUT2D eigenvalue weighted by molar-refractivity contribution is -0.134. The van der Waals surface area contributed by atoms with Gasteiger partial charge >= 0.3 is 11.9 Å². The van der Waals surface area contributed by atoms with Gasteiger partial charge in [0.2, 0.25) is 29.5 Å². The third kappa shape index (κ3) is 18.7. The summed E-state index contributed by atoms with van der Waals surface area (Å²) < 4.78 is 6.34. The molecular formula is C71H82N18O18S6. The monoisotopic (exact) mass is 1670 g/mol. The van der Waals surface area contributed by atoms with E-state index in [-0.39, 0.29) is 100 Å². The van der Waals surface area contributed by atoms with Crippen LogP contribution in [0.15, 0.2) is 92.2 Å². The van der Waals surface area contributed by atoms with Crippen molar-refractivity contribution in [2.24, 2.45) is 15.9 Å². The molecule has 5 aromatic heterocycles. The quantitative estimate of drug-likeness (QED) is 0.0506. The number of carbonyl (C=O) groups is 11. The number of aliphatic hydroxyl groups excluding tert-OH is 4. The largest absolute Gasteiger partial charge is 0.477 e. The van der Waals surface area contributed by atoms with E-state index in [4.69, 9.17) is 36.9 Å². The lowest BCUT2D eigenvalue weighted by Crippen LogP contribution is -2.57. The molecule has 42 heteroatoms. The maximum Gasteiger partial charge on any atom is 0.357 e. The fourth-order valence-electron chi connectivity index (χ4n) is 12.2. The number of allylic oxidation sites excluding steroid dienone is 1. The van der Waals surface area contributed by atoms with Crippen LogP contribution in [0.4, 0.5) is 0 Å². The Balaban J connectivity index is 1.17. The van der Waals surface area contributed by atoms with Gasteiger partial charge in [-0.2, -0.15) is 0 Å². The number of fused-ring (bicyclic) bond motifs is 8. The Morgan fingerprint density at radius 1 is 0.770 bits per heavy atom. The first-order chi connectivity index (χ1) is 53.2. The number of cyclic esters (lactones) is 1. The molecule has 5 aliphatic rings. The van der Waals surface area contributed by atoms with Crippen molar-refractivity contribution in [3.8, 4) is 0 Å². The van der Waals surface area contributed by atoms with E-state index in [2.05, 4.69) is 87.9 Å². The van der Waals surface area contributed by atoms with Crippen LogP contribution in [-0.2, 0) is 48.6 Å². The summed E-state index contributed by atoms with van der Waals surface area (Å²) in [5.74, 6) is -11.6. The Hall–Kier alpha value is -10.1. The number of nitrogens with zero attached hydrogens (tertiary/aromatic N) is 7. The summed E-state index contributed by atoms with van der Waals surface area (Å²) in [6.07, 6.45) is -3.27. The number of carbonyl (C=O) groups excluding carboxylic acids is 10. The van der Waals surface area contributed by atoms with Crippen molar-refractivity contribution in [2.45, 2.75) is 177 Å². The number of pyridine rings is 1. The summed E-state index contributed by atoms with van der Waals surface area (Å²) in [7, 11) is 0. The molecule has 600 valence electrons. The van der Waals surface area contributed by atoms with Crippen LogP contribution in [0.2, 0.25) is 0 Å².